The summed E-state index contributed by atoms with van der Waals surface area (Å²) in [4.78, 5) is 24.6. The second-order valence-electron chi connectivity index (χ2n) is 5.27. The molecule has 7 heteroatoms. The lowest BCUT2D eigenvalue weighted by atomic mass is 10.2. The summed E-state index contributed by atoms with van der Waals surface area (Å²) in [6.07, 6.45) is 0.222. The number of primary amides is 1. The molecule has 128 valence electrons. The highest BCUT2D eigenvalue weighted by atomic mass is 32.2. The highest BCUT2D eigenvalue weighted by molar-refractivity contribution is 7.99. The minimum absolute atomic E-state index is 0.0688. The normalized spacial score (nSPS) is 10.8. The molecule has 0 atom stereocenters. The van der Waals surface area contributed by atoms with Gasteiger partial charge in [-0.1, -0.05) is 12.1 Å². The van der Waals surface area contributed by atoms with E-state index in [1.54, 1.807) is 36.4 Å². The van der Waals surface area contributed by atoms with Crippen LogP contribution < -0.4 is 11.1 Å². The molecule has 25 heavy (non-hydrogen) atoms. The van der Waals surface area contributed by atoms with Crippen LogP contribution in [-0.2, 0) is 4.79 Å². The highest BCUT2D eigenvalue weighted by Gasteiger charge is 2.19. The van der Waals surface area contributed by atoms with Gasteiger partial charge in [0.1, 0.15) is 17.1 Å². The van der Waals surface area contributed by atoms with Crippen molar-refractivity contribution in [3.8, 4) is 0 Å². The number of anilines is 1. The zero-order valence-electron chi connectivity index (χ0n) is 13.1. The van der Waals surface area contributed by atoms with Crippen LogP contribution in [0.25, 0.3) is 11.0 Å². The number of nitrogens with two attached hydrogens (primary N) is 1. The average Bonchev–Trinajstić information content (AvgIpc) is 2.96. The van der Waals surface area contributed by atoms with Crippen molar-refractivity contribution in [2.75, 3.05) is 11.1 Å². The largest absolute Gasteiger partial charge is 0.449 e. The van der Waals surface area contributed by atoms with Gasteiger partial charge in [-0.05, 0) is 36.4 Å². The van der Waals surface area contributed by atoms with Crippen LogP contribution in [0.3, 0.4) is 0 Å². The summed E-state index contributed by atoms with van der Waals surface area (Å²) in [5.74, 6) is -0.858. The molecule has 2 amide bonds. The fourth-order valence-corrected chi connectivity index (χ4v) is 3.19. The molecule has 0 bridgehead atoms. The molecule has 0 saturated carbocycles. The van der Waals surface area contributed by atoms with Crippen molar-refractivity contribution in [3.05, 3.63) is 60.1 Å². The first-order valence-electron chi connectivity index (χ1n) is 7.54. The van der Waals surface area contributed by atoms with Crippen molar-refractivity contribution in [1.29, 1.82) is 0 Å². The fraction of sp³-hybridized carbons (Fsp3) is 0.111. The molecule has 0 aliphatic heterocycles. The summed E-state index contributed by atoms with van der Waals surface area (Å²) in [6.45, 7) is 0. The van der Waals surface area contributed by atoms with Gasteiger partial charge >= 0.3 is 0 Å². The molecule has 1 heterocycles. The molecule has 3 N–H and O–H groups in total. The van der Waals surface area contributed by atoms with Gasteiger partial charge < -0.3 is 15.5 Å². The number of carbonyl (C=O) groups excluding carboxylic acids is 2. The maximum atomic E-state index is 12.9. The maximum Gasteiger partial charge on any atom is 0.286 e. The number of halogens is 1. The minimum Gasteiger partial charge on any atom is -0.449 e. The summed E-state index contributed by atoms with van der Waals surface area (Å²) in [6, 6.07) is 13.1. The number of amides is 2. The summed E-state index contributed by atoms with van der Waals surface area (Å²) in [5, 5.41) is 3.32. The SMILES string of the molecule is NC(=O)c1oc2ccccc2c1NC(=O)CCSc1ccc(F)cc1. The topological polar surface area (TPSA) is 85.3 Å². The lowest BCUT2D eigenvalue weighted by molar-refractivity contribution is -0.115. The number of fused-ring (bicyclic) bond motifs is 1. The Morgan fingerprint density at radius 1 is 1.12 bits per heavy atom. The predicted octanol–water partition coefficient (Wildman–Crippen LogP) is 3.79. The van der Waals surface area contributed by atoms with Crippen LogP contribution in [-0.4, -0.2) is 17.6 Å². The number of furan rings is 1. The molecule has 0 fully saturated rings. The lowest BCUT2D eigenvalue weighted by Crippen LogP contribution is -2.17. The molecule has 0 spiro atoms. The smallest absolute Gasteiger partial charge is 0.286 e. The number of thioether (sulfide) groups is 1. The second kappa shape index (κ2) is 7.40. The molecule has 0 unspecified atom stereocenters. The van der Waals surface area contributed by atoms with Crippen LogP contribution in [0.1, 0.15) is 17.0 Å². The molecule has 1 aromatic heterocycles. The van der Waals surface area contributed by atoms with E-state index in [0.717, 1.165) is 4.90 Å². The van der Waals surface area contributed by atoms with Crippen molar-refractivity contribution in [3.63, 3.8) is 0 Å². The Kier molecular flexibility index (Phi) is 5.04. The number of carbonyl (C=O) groups is 2. The van der Waals surface area contributed by atoms with Crippen molar-refractivity contribution in [2.24, 2.45) is 5.73 Å². The average molecular weight is 358 g/mol. The third kappa shape index (κ3) is 4.00. The molecular formula is C18H15FN2O3S. The minimum atomic E-state index is -0.743. The van der Waals surface area contributed by atoms with E-state index in [4.69, 9.17) is 10.2 Å². The third-order valence-corrected chi connectivity index (χ3v) is 4.51. The summed E-state index contributed by atoms with van der Waals surface area (Å²) < 4.78 is 18.3. The number of para-hydroxylation sites is 1. The Bertz CT molecular complexity index is 922. The lowest BCUT2D eigenvalue weighted by Gasteiger charge is -2.05. The first kappa shape index (κ1) is 17.0. The van der Waals surface area contributed by atoms with Gasteiger partial charge in [-0.2, -0.15) is 0 Å². The van der Waals surface area contributed by atoms with Gasteiger partial charge in [-0.3, -0.25) is 9.59 Å². The van der Waals surface area contributed by atoms with Crippen LogP contribution in [0.2, 0.25) is 0 Å². The van der Waals surface area contributed by atoms with Crippen LogP contribution in [0.15, 0.2) is 57.8 Å². The predicted molar refractivity (Wildman–Crippen MR) is 95.1 cm³/mol. The number of rotatable bonds is 6. The zero-order valence-corrected chi connectivity index (χ0v) is 13.9. The van der Waals surface area contributed by atoms with E-state index in [-0.39, 0.29) is 23.9 Å². The first-order valence-corrected chi connectivity index (χ1v) is 8.52. The van der Waals surface area contributed by atoms with Crippen LogP contribution in [0.5, 0.6) is 0 Å². The molecule has 3 rings (SSSR count). The van der Waals surface area contributed by atoms with Crippen molar-refractivity contribution in [1.82, 2.24) is 0 Å². The zero-order chi connectivity index (χ0) is 17.8. The summed E-state index contributed by atoms with van der Waals surface area (Å²) in [7, 11) is 0. The molecule has 0 aliphatic rings. The summed E-state index contributed by atoms with van der Waals surface area (Å²) >= 11 is 1.44. The van der Waals surface area contributed by atoms with Gasteiger partial charge in [0.25, 0.3) is 5.91 Å². The second-order valence-corrected chi connectivity index (χ2v) is 6.44. The Hall–Kier alpha value is -2.80. The number of hydrogen-bond donors (Lipinski definition) is 2. The van der Waals surface area contributed by atoms with Crippen LogP contribution >= 0.6 is 11.8 Å². The van der Waals surface area contributed by atoms with E-state index < -0.39 is 5.91 Å². The van der Waals surface area contributed by atoms with Gasteiger partial charge in [-0.15, -0.1) is 11.8 Å². The fourth-order valence-electron chi connectivity index (χ4n) is 2.34. The maximum absolute atomic E-state index is 12.9. The molecule has 0 radical (unpaired) electrons. The monoisotopic (exact) mass is 358 g/mol. The molecule has 0 saturated heterocycles. The molecule has 0 aliphatic carbocycles. The number of hydrogen-bond acceptors (Lipinski definition) is 4. The number of nitrogens with one attached hydrogen (secondary N) is 1. The quantitative estimate of drug-likeness (QED) is 0.657. The van der Waals surface area contributed by atoms with Gasteiger partial charge in [0, 0.05) is 22.5 Å². The first-order chi connectivity index (χ1) is 12.0. The molecule has 2 aromatic carbocycles. The van der Waals surface area contributed by atoms with E-state index >= 15 is 0 Å². The van der Waals surface area contributed by atoms with Gasteiger partial charge in [0.05, 0.1) is 0 Å². The Morgan fingerprint density at radius 3 is 2.56 bits per heavy atom. The van der Waals surface area contributed by atoms with Gasteiger partial charge in [-0.25, -0.2) is 4.39 Å². The van der Waals surface area contributed by atoms with Crippen molar-refractivity contribution in [2.45, 2.75) is 11.3 Å². The molecule has 3 aromatic rings. The summed E-state index contributed by atoms with van der Waals surface area (Å²) in [5.41, 5.74) is 6.09. The standard InChI is InChI=1S/C18H15FN2O3S/c19-11-5-7-12(8-6-11)25-10-9-15(22)21-16-13-3-1-2-4-14(13)24-17(16)18(20)23/h1-8H,9-10H2,(H2,20,23)(H,21,22). The van der Waals surface area contributed by atoms with Gasteiger partial charge in [0.15, 0.2) is 0 Å². The Balaban J connectivity index is 1.66. The Labute approximate surface area is 147 Å². The highest BCUT2D eigenvalue weighted by Crippen LogP contribution is 2.30. The van der Waals surface area contributed by atoms with Crippen molar-refractivity contribution < 1.29 is 18.4 Å². The van der Waals surface area contributed by atoms with E-state index in [0.29, 0.717) is 22.4 Å². The van der Waals surface area contributed by atoms with E-state index in [1.807, 2.05) is 0 Å². The number of benzene rings is 2. The molecular weight excluding hydrogens is 343 g/mol. The van der Waals surface area contributed by atoms with E-state index in [1.165, 1.54) is 23.9 Å². The van der Waals surface area contributed by atoms with Crippen molar-refractivity contribution >= 4 is 40.2 Å². The van der Waals surface area contributed by atoms with E-state index in [2.05, 4.69) is 5.32 Å². The van der Waals surface area contributed by atoms with Crippen LogP contribution in [0.4, 0.5) is 10.1 Å². The third-order valence-electron chi connectivity index (χ3n) is 3.50. The Morgan fingerprint density at radius 2 is 1.84 bits per heavy atom. The molecule has 5 nitrogen and oxygen atoms in total. The van der Waals surface area contributed by atoms with Gasteiger partial charge in [0.2, 0.25) is 11.7 Å². The van der Waals surface area contributed by atoms with Crippen LogP contribution in [0, 0.1) is 5.82 Å². The van der Waals surface area contributed by atoms with E-state index in [9.17, 15) is 14.0 Å².